The van der Waals surface area contributed by atoms with E-state index >= 15 is 0 Å². The van der Waals surface area contributed by atoms with Crippen LogP contribution in [0.3, 0.4) is 0 Å². The molecular formula is C24H35N7O2. The van der Waals surface area contributed by atoms with E-state index < -0.39 is 11.4 Å². The number of nitrogens with one attached hydrogen (secondary N) is 4. The second kappa shape index (κ2) is 8.73. The van der Waals surface area contributed by atoms with E-state index in [4.69, 9.17) is 4.74 Å². The highest BCUT2D eigenvalue weighted by molar-refractivity contribution is 5.44. The van der Waals surface area contributed by atoms with E-state index in [-0.39, 0.29) is 0 Å². The Balaban J connectivity index is 1.28. The molecule has 6 heterocycles. The largest absolute Gasteiger partial charge is 0.481 e. The van der Waals surface area contributed by atoms with Crippen molar-refractivity contribution in [3.8, 4) is 5.88 Å². The highest BCUT2D eigenvalue weighted by atomic mass is 16.5. The Hall–Kier alpha value is -2.43. The first kappa shape index (κ1) is 22.4. The predicted molar refractivity (Wildman–Crippen MR) is 127 cm³/mol. The molecule has 1 aromatic rings. The van der Waals surface area contributed by atoms with E-state index in [0.717, 1.165) is 31.8 Å². The number of pyridine rings is 1. The minimum absolute atomic E-state index is 0.479. The number of rotatable bonds is 8. The number of nitrogens with zero attached hydrogens (tertiary/aromatic N) is 3. The van der Waals surface area contributed by atoms with Gasteiger partial charge in [-0.25, -0.2) is 10.4 Å². The molecule has 0 aliphatic carbocycles. The van der Waals surface area contributed by atoms with Crippen LogP contribution in [0, 0.1) is 0 Å². The highest BCUT2D eigenvalue weighted by Crippen LogP contribution is 2.37. The number of fused-ring (bicyclic) bond motifs is 2. The fraction of sp³-hybridized carbons (Fsp3) is 0.542. The van der Waals surface area contributed by atoms with Crippen LogP contribution in [0.2, 0.25) is 0 Å². The molecule has 9 heteroatoms. The number of ether oxygens (including phenoxy) is 1. The summed E-state index contributed by atoms with van der Waals surface area (Å²) in [6.07, 6.45) is 11.6. The normalized spacial score (nSPS) is 29.6. The number of methoxy groups -OCH3 is 1. The third-order valence-corrected chi connectivity index (χ3v) is 6.96. The van der Waals surface area contributed by atoms with Crippen molar-refractivity contribution in [1.29, 1.82) is 0 Å². The smallest absolute Gasteiger partial charge is 0.212 e. The molecule has 1 aromatic heterocycles. The van der Waals surface area contributed by atoms with Crippen molar-refractivity contribution in [2.75, 3.05) is 33.3 Å². The summed E-state index contributed by atoms with van der Waals surface area (Å²) < 4.78 is 5.18. The van der Waals surface area contributed by atoms with Crippen molar-refractivity contribution in [1.82, 2.24) is 36.3 Å². The van der Waals surface area contributed by atoms with Crippen molar-refractivity contribution in [2.24, 2.45) is 0 Å². The molecule has 0 amide bonds. The van der Waals surface area contributed by atoms with Crippen molar-refractivity contribution in [3.05, 3.63) is 59.6 Å². The lowest BCUT2D eigenvalue weighted by atomic mass is 9.85. The molecule has 5 aliphatic rings. The fourth-order valence-electron chi connectivity index (χ4n) is 5.05. The summed E-state index contributed by atoms with van der Waals surface area (Å²) in [4.78, 5) is 9.41. The maximum atomic E-state index is 10.4. The Morgan fingerprint density at radius 3 is 2.67 bits per heavy atom. The van der Waals surface area contributed by atoms with E-state index in [0.29, 0.717) is 24.5 Å². The summed E-state index contributed by atoms with van der Waals surface area (Å²) in [6.45, 7) is 7.75. The van der Waals surface area contributed by atoms with Gasteiger partial charge in [-0.3, -0.25) is 15.1 Å². The molecule has 3 atom stereocenters. The molecule has 5 N–H and O–H groups in total. The highest BCUT2D eigenvalue weighted by Gasteiger charge is 2.50. The zero-order valence-corrected chi connectivity index (χ0v) is 19.6. The lowest BCUT2D eigenvalue weighted by Crippen LogP contribution is -2.77. The Labute approximate surface area is 195 Å². The van der Waals surface area contributed by atoms with Crippen LogP contribution < -0.4 is 26.2 Å². The molecule has 3 fully saturated rings. The van der Waals surface area contributed by atoms with Gasteiger partial charge in [0.15, 0.2) is 5.79 Å². The topological polar surface area (TPSA) is 97.0 Å². The van der Waals surface area contributed by atoms with E-state index in [1.54, 1.807) is 7.11 Å². The third-order valence-electron chi connectivity index (χ3n) is 6.96. The molecule has 0 saturated carbocycles. The van der Waals surface area contributed by atoms with E-state index in [1.165, 1.54) is 17.6 Å². The molecule has 3 unspecified atom stereocenters. The molecule has 2 bridgehead atoms. The summed E-state index contributed by atoms with van der Waals surface area (Å²) in [5, 5.41) is 17.6. The van der Waals surface area contributed by atoms with Crippen molar-refractivity contribution < 1.29 is 9.84 Å². The number of aromatic nitrogens is 1. The first-order chi connectivity index (χ1) is 15.9. The molecule has 0 aromatic carbocycles. The number of piperazine rings is 1. The first-order valence-corrected chi connectivity index (χ1v) is 11.7. The van der Waals surface area contributed by atoms with Crippen LogP contribution in [0.4, 0.5) is 0 Å². The van der Waals surface area contributed by atoms with Crippen LogP contribution in [-0.2, 0) is 6.54 Å². The number of allylic oxidation sites excluding steroid dienone is 1. The number of hydrogen-bond acceptors (Lipinski definition) is 9. The predicted octanol–water partition coefficient (Wildman–Crippen LogP) is 0.398. The second-order valence-electron chi connectivity index (χ2n) is 10.0. The Morgan fingerprint density at radius 2 is 2.09 bits per heavy atom. The molecule has 6 rings (SSSR count). The van der Waals surface area contributed by atoms with Gasteiger partial charge in [0.25, 0.3) is 0 Å². The molecule has 0 radical (unpaired) electrons. The number of dihydropyridines is 1. The van der Waals surface area contributed by atoms with Gasteiger partial charge in [-0.1, -0.05) is 12.1 Å². The average molecular weight is 454 g/mol. The van der Waals surface area contributed by atoms with Crippen LogP contribution in [0.25, 0.3) is 0 Å². The van der Waals surface area contributed by atoms with E-state index in [9.17, 15) is 5.11 Å². The Bertz CT molecular complexity index is 941. The number of hydrogen-bond donors (Lipinski definition) is 5. The van der Waals surface area contributed by atoms with Gasteiger partial charge in [-0.15, -0.1) is 0 Å². The number of aliphatic hydroxyl groups is 1. The van der Waals surface area contributed by atoms with Gasteiger partial charge in [0.1, 0.15) is 0 Å². The summed E-state index contributed by atoms with van der Waals surface area (Å²) in [7, 11) is 1.64. The zero-order chi connectivity index (χ0) is 23.1. The Kier molecular flexibility index (Phi) is 5.92. The van der Waals surface area contributed by atoms with Gasteiger partial charge in [0, 0.05) is 69.5 Å². The van der Waals surface area contributed by atoms with Crippen molar-refractivity contribution in [2.45, 2.75) is 50.3 Å². The number of hydrazine groups is 1. The van der Waals surface area contributed by atoms with Crippen molar-refractivity contribution in [3.63, 3.8) is 0 Å². The summed E-state index contributed by atoms with van der Waals surface area (Å²) in [6, 6.07) is 5.03. The van der Waals surface area contributed by atoms with Gasteiger partial charge in [-0.05, 0) is 43.1 Å². The van der Waals surface area contributed by atoms with E-state index in [1.807, 2.05) is 32.3 Å². The quantitative estimate of drug-likeness (QED) is 0.383. The molecule has 178 valence electrons. The van der Waals surface area contributed by atoms with Crippen molar-refractivity contribution >= 4 is 0 Å². The lowest BCUT2D eigenvalue weighted by molar-refractivity contribution is -0.114. The van der Waals surface area contributed by atoms with Crippen LogP contribution in [0.5, 0.6) is 5.88 Å². The fourth-order valence-corrected chi connectivity index (χ4v) is 5.05. The SMILES string of the molecule is COc1ccc(CN2C3CC2CN(C2(NCC(C)(C)O)C=CC(C4=CNNC4)=CN2)C3)cn1. The molecule has 9 nitrogen and oxygen atoms in total. The third kappa shape index (κ3) is 4.64. The molecule has 5 aliphatic heterocycles. The van der Waals surface area contributed by atoms with Gasteiger partial charge in [-0.2, -0.15) is 0 Å². The molecule has 3 saturated heterocycles. The molecular weight excluding hydrogens is 418 g/mol. The maximum absolute atomic E-state index is 10.4. The summed E-state index contributed by atoms with van der Waals surface area (Å²) in [5.41, 5.74) is 8.95. The van der Waals surface area contributed by atoms with Crippen LogP contribution in [0.15, 0.2) is 54.0 Å². The second-order valence-corrected chi connectivity index (χ2v) is 10.0. The van der Waals surface area contributed by atoms with Gasteiger partial charge < -0.3 is 20.6 Å². The Morgan fingerprint density at radius 1 is 1.27 bits per heavy atom. The van der Waals surface area contributed by atoms with Crippen LogP contribution >= 0.6 is 0 Å². The van der Waals surface area contributed by atoms with Gasteiger partial charge >= 0.3 is 0 Å². The monoisotopic (exact) mass is 453 g/mol. The summed E-state index contributed by atoms with van der Waals surface area (Å²) >= 11 is 0. The van der Waals surface area contributed by atoms with Gasteiger partial charge in [0.2, 0.25) is 5.88 Å². The minimum Gasteiger partial charge on any atom is -0.481 e. The molecule has 0 spiro atoms. The number of piperidine rings is 1. The average Bonchev–Trinajstić information content (AvgIpc) is 3.36. The van der Waals surface area contributed by atoms with E-state index in [2.05, 4.69) is 60.7 Å². The van der Waals surface area contributed by atoms with Gasteiger partial charge in [0.05, 0.1) is 12.7 Å². The zero-order valence-electron chi connectivity index (χ0n) is 19.6. The molecule has 33 heavy (non-hydrogen) atoms. The first-order valence-electron chi connectivity index (χ1n) is 11.7. The standard InChI is InChI=1S/C24H35N7O2/c1-23(2,32)16-27-24(7-6-18(10-26-24)19-11-28-29-12-19)30-14-20-8-21(15-30)31(20)13-17-4-5-22(33-3)25-9-17/h4-7,9-11,20-21,26-29,32H,8,12-16H2,1-3H3. The maximum Gasteiger partial charge on any atom is 0.212 e. The lowest BCUT2D eigenvalue weighted by Gasteiger charge is -2.60. The summed E-state index contributed by atoms with van der Waals surface area (Å²) in [5.74, 6) is 0.129. The minimum atomic E-state index is -0.805. The van der Waals surface area contributed by atoms with Crippen LogP contribution in [-0.4, -0.2) is 76.7 Å². The van der Waals surface area contributed by atoms with Crippen LogP contribution in [0.1, 0.15) is 25.8 Å².